The summed E-state index contributed by atoms with van der Waals surface area (Å²) in [6.45, 7) is 0. The Bertz CT molecular complexity index is 645. The van der Waals surface area contributed by atoms with Crippen LogP contribution in [-0.2, 0) is 6.42 Å². The molecule has 104 valence electrons. The van der Waals surface area contributed by atoms with Gasteiger partial charge in [0.05, 0.1) is 4.47 Å². The summed E-state index contributed by atoms with van der Waals surface area (Å²) in [6, 6.07) is 5.30. The summed E-state index contributed by atoms with van der Waals surface area (Å²) in [5, 5.41) is 3.29. The molecule has 1 aromatic heterocycles. The lowest BCUT2D eigenvalue weighted by atomic mass is 9.92. The van der Waals surface area contributed by atoms with Crippen LogP contribution in [0.1, 0.15) is 30.1 Å². The summed E-state index contributed by atoms with van der Waals surface area (Å²) < 4.78 is 14.1. The number of aromatic nitrogens is 2. The Kier molecular flexibility index (Phi) is 3.81. The molecule has 0 spiro atoms. The summed E-state index contributed by atoms with van der Waals surface area (Å²) in [7, 11) is 1.96. The van der Waals surface area contributed by atoms with Crippen molar-refractivity contribution in [3.63, 3.8) is 0 Å². The van der Waals surface area contributed by atoms with Gasteiger partial charge in [-0.05, 0) is 60.4 Å². The number of aryl methyl sites for hydroxylation is 1. The second kappa shape index (κ2) is 5.58. The maximum absolute atomic E-state index is 13.6. The number of halogens is 2. The number of fused-ring (bicyclic) bond motifs is 1. The number of benzene rings is 1. The molecule has 0 fully saturated rings. The van der Waals surface area contributed by atoms with Gasteiger partial charge < -0.3 is 5.32 Å². The highest BCUT2D eigenvalue weighted by molar-refractivity contribution is 9.10. The van der Waals surface area contributed by atoms with Gasteiger partial charge in [0.2, 0.25) is 0 Å². The summed E-state index contributed by atoms with van der Waals surface area (Å²) in [5.74, 6) is 0.295. The molecule has 1 unspecified atom stereocenters. The Balaban J connectivity index is 2.01. The van der Waals surface area contributed by atoms with Crippen molar-refractivity contribution < 1.29 is 4.39 Å². The molecule has 1 aliphatic rings. The molecule has 2 aromatic rings. The molecule has 0 amide bonds. The number of nitrogens with zero attached hydrogens (tertiary/aromatic N) is 2. The molecule has 1 heterocycles. The molecule has 0 radical (unpaired) electrons. The van der Waals surface area contributed by atoms with Crippen LogP contribution < -0.4 is 5.32 Å². The fourth-order valence-electron chi connectivity index (χ4n) is 2.62. The second-order valence-electron chi connectivity index (χ2n) is 4.96. The van der Waals surface area contributed by atoms with Gasteiger partial charge in [-0.25, -0.2) is 14.4 Å². The van der Waals surface area contributed by atoms with E-state index in [1.165, 1.54) is 11.6 Å². The van der Waals surface area contributed by atoms with E-state index in [-0.39, 0.29) is 5.82 Å². The van der Waals surface area contributed by atoms with E-state index in [9.17, 15) is 4.39 Å². The van der Waals surface area contributed by atoms with Crippen LogP contribution in [0.2, 0.25) is 0 Å². The van der Waals surface area contributed by atoms with Crippen molar-refractivity contribution in [2.45, 2.75) is 25.3 Å². The molecule has 1 atom stereocenters. The van der Waals surface area contributed by atoms with Crippen molar-refractivity contribution >= 4 is 15.9 Å². The third kappa shape index (κ3) is 2.47. The maximum atomic E-state index is 13.6. The van der Waals surface area contributed by atoms with E-state index in [4.69, 9.17) is 0 Å². The summed E-state index contributed by atoms with van der Waals surface area (Å²) in [4.78, 5) is 9.02. The number of nitrogens with one attached hydrogen (secondary N) is 1. The first-order valence-corrected chi connectivity index (χ1v) is 7.47. The van der Waals surface area contributed by atoms with Crippen molar-refractivity contribution in [3.05, 3.63) is 45.9 Å². The smallest absolute Gasteiger partial charge is 0.159 e. The van der Waals surface area contributed by atoms with Crippen LogP contribution >= 0.6 is 15.9 Å². The van der Waals surface area contributed by atoms with Gasteiger partial charge in [-0.15, -0.1) is 0 Å². The van der Waals surface area contributed by atoms with Gasteiger partial charge in [0.1, 0.15) is 5.82 Å². The van der Waals surface area contributed by atoms with Crippen LogP contribution in [0.5, 0.6) is 0 Å². The third-order valence-corrected chi connectivity index (χ3v) is 4.35. The lowest BCUT2D eigenvalue weighted by molar-refractivity contribution is 0.488. The molecule has 5 heteroatoms. The van der Waals surface area contributed by atoms with Gasteiger partial charge >= 0.3 is 0 Å². The molecule has 20 heavy (non-hydrogen) atoms. The molecule has 0 saturated carbocycles. The van der Waals surface area contributed by atoms with Gasteiger partial charge in [0.25, 0.3) is 0 Å². The Morgan fingerprint density at radius 3 is 3.00 bits per heavy atom. The highest BCUT2D eigenvalue weighted by Gasteiger charge is 2.21. The molecule has 3 nitrogen and oxygen atoms in total. The average Bonchev–Trinajstić information content (AvgIpc) is 2.48. The number of hydrogen-bond donors (Lipinski definition) is 1. The molecular formula is C15H15BrFN3. The molecular weight excluding hydrogens is 321 g/mol. The van der Waals surface area contributed by atoms with Gasteiger partial charge in [-0.1, -0.05) is 0 Å². The second-order valence-corrected chi connectivity index (χ2v) is 5.81. The Morgan fingerprint density at radius 1 is 1.40 bits per heavy atom. The minimum absolute atomic E-state index is 0.295. The molecule has 1 aliphatic carbocycles. The first-order chi connectivity index (χ1) is 9.69. The SMILES string of the molecule is CNC1CCCc2nc(-c3ccc(Br)c(F)c3)ncc21. The maximum Gasteiger partial charge on any atom is 0.159 e. The quantitative estimate of drug-likeness (QED) is 0.910. The first-order valence-electron chi connectivity index (χ1n) is 6.67. The average molecular weight is 336 g/mol. The van der Waals surface area contributed by atoms with E-state index in [1.54, 1.807) is 6.07 Å². The Morgan fingerprint density at radius 2 is 2.25 bits per heavy atom. The Labute approximate surface area is 125 Å². The van der Waals surface area contributed by atoms with Crippen LogP contribution in [-0.4, -0.2) is 17.0 Å². The largest absolute Gasteiger partial charge is 0.313 e. The van der Waals surface area contributed by atoms with Crippen molar-refractivity contribution in [2.24, 2.45) is 0 Å². The highest BCUT2D eigenvalue weighted by Crippen LogP contribution is 2.29. The van der Waals surface area contributed by atoms with E-state index >= 15 is 0 Å². The normalized spacial score (nSPS) is 17.9. The minimum Gasteiger partial charge on any atom is -0.313 e. The third-order valence-electron chi connectivity index (χ3n) is 3.71. The highest BCUT2D eigenvalue weighted by atomic mass is 79.9. The van der Waals surface area contributed by atoms with Crippen molar-refractivity contribution in [3.8, 4) is 11.4 Å². The number of hydrogen-bond acceptors (Lipinski definition) is 3. The topological polar surface area (TPSA) is 37.8 Å². The zero-order valence-electron chi connectivity index (χ0n) is 11.2. The summed E-state index contributed by atoms with van der Waals surface area (Å²) >= 11 is 3.16. The molecule has 1 N–H and O–H groups in total. The molecule has 1 aromatic carbocycles. The predicted octanol–water partition coefficient (Wildman–Crippen LogP) is 3.64. The van der Waals surface area contributed by atoms with Crippen molar-refractivity contribution in [1.29, 1.82) is 0 Å². The van der Waals surface area contributed by atoms with Crippen molar-refractivity contribution in [1.82, 2.24) is 15.3 Å². The van der Waals surface area contributed by atoms with Gasteiger partial charge in [-0.3, -0.25) is 0 Å². The van der Waals surface area contributed by atoms with E-state index in [0.29, 0.717) is 21.9 Å². The zero-order valence-corrected chi connectivity index (χ0v) is 12.7. The fourth-order valence-corrected chi connectivity index (χ4v) is 2.87. The molecule has 3 rings (SSSR count). The van der Waals surface area contributed by atoms with Crippen LogP contribution in [0.4, 0.5) is 4.39 Å². The van der Waals surface area contributed by atoms with Crippen molar-refractivity contribution in [2.75, 3.05) is 7.05 Å². The lowest BCUT2D eigenvalue weighted by Gasteiger charge is -2.24. The van der Waals surface area contributed by atoms with E-state index in [1.807, 2.05) is 19.3 Å². The zero-order chi connectivity index (χ0) is 14.1. The molecule has 0 bridgehead atoms. The Hall–Kier alpha value is -1.33. The monoisotopic (exact) mass is 335 g/mol. The van der Waals surface area contributed by atoms with E-state index < -0.39 is 0 Å². The van der Waals surface area contributed by atoms with Gasteiger partial charge in [0.15, 0.2) is 5.82 Å². The first kappa shape index (κ1) is 13.6. The van der Waals surface area contributed by atoms with Crippen LogP contribution in [0.15, 0.2) is 28.9 Å². The van der Waals surface area contributed by atoms with E-state index in [0.717, 1.165) is 25.0 Å². The summed E-state index contributed by atoms with van der Waals surface area (Å²) in [6.07, 6.45) is 5.06. The standard InChI is InChI=1S/C15H15BrFN3/c1-18-13-3-2-4-14-10(13)8-19-15(20-14)9-5-6-11(16)12(17)7-9/h5-8,13,18H,2-4H2,1H3. The minimum atomic E-state index is -0.295. The lowest BCUT2D eigenvalue weighted by Crippen LogP contribution is -2.22. The number of rotatable bonds is 2. The van der Waals surface area contributed by atoms with Gasteiger partial charge in [-0.2, -0.15) is 0 Å². The molecule has 0 aliphatic heterocycles. The van der Waals surface area contributed by atoms with Crippen LogP contribution in [0.25, 0.3) is 11.4 Å². The fraction of sp³-hybridized carbons (Fsp3) is 0.333. The summed E-state index contributed by atoms with van der Waals surface area (Å²) in [5.41, 5.74) is 2.95. The van der Waals surface area contributed by atoms with Gasteiger partial charge in [0, 0.05) is 29.1 Å². The van der Waals surface area contributed by atoms with Crippen LogP contribution in [0, 0.1) is 5.82 Å². The predicted molar refractivity (Wildman–Crippen MR) is 79.9 cm³/mol. The van der Waals surface area contributed by atoms with Crippen LogP contribution in [0.3, 0.4) is 0 Å². The molecule has 0 saturated heterocycles. The van der Waals surface area contributed by atoms with E-state index in [2.05, 4.69) is 31.2 Å².